The van der Waals surface area contributed by atoms with E-state index in [1.807, 2.05) is 6.92 Å². The first-order valence-electron chi connectivity index (χ1n) is 7.83. The molecule has 3 N–H and O–H groups in total. The number of nitrogens with one attached hydrogen (secondary N) is 1. The summed E-state index contributed by atoms with van der Waals surface area (Å²) in [6.45, 7) is 3.71. The minimum absolute atomic E-state index is 0.227. The minimum atomic E-state index is -0.896. The van der Waals surface area contributed by atoms with Crippen LogP contribution in [-0.2, 0) is 4.79 Å². The van der Waals surface area contributed by atoms with Crippen molar-refractivity contribution in [1.82, 2.24) is 4.98 Å². The minimum Gasteiger partial charge on any atom is -0.497 e. The lowest BCUT2D eigenvalue weighted by Gasteiger charge is -2.22. The third-order valence-electron chi connectivity index (χ3n) is 3.56. The number of nitrogens with two attached hydrogens (primary N) is 1. The van der Waals surface area contributed by atoms with Gasteiger partial charge in [-0.25, -0.2) is 4.98 Å². The molecule has 1 unspecified atom stereocenters. The predicted octanol–water partition coefficient (Wildman–Crippen LogP) is 3.34. The van der Waals surface area contributed by atoms with Gasteiger partial charge in [0.25, 0.3) is 0 Å². The number of aromatic nitrogens is 1. The summed E-state index contributed by atoms with van der Waals surface area (Å²) in [7, 11) is 1.61. The van der Waals surface area contributed by atoms with E-state index in [2.05, 4.69) is 10.3 Å². The Kier molecular flexibility index (Phi) is 5.76. The number of nitrogens with zero attached hydrogens (tertiary/aromatic N) is 1. The van der Waals surface area contributed by atoms with Crippen LogP contribution in [0.25, 0.3) is 0 Å². The highest BCUT2D eigenvalue weighted by atomic mass is 16.5. The summed E-state index contributed by atoms with van der Waals surface area (Å²) < 4.78 is 10.7. The molecule has 0 saturated heterocycles. The number of benzene rings is 1. The number of hydrogen-bond donors (Lipinski definition) is 2. The zero-order valence-corrected chi connectivity index (χ0v) is 14.2. The average molecular weight is 329 g/mol. The first-order valence-corrected chi connectivity index (χ1v) is 7.83. The lowest BCUT2D eigenvalue weighted by molar-refractivity contribution is -0.120. The van der Waals surface area contributed by atoms with Crippen LogP contribution in [0.5, 0.6) is 17.4 Å². The van der Waals surface area contributed by atoms with Crippen LogP contribution in [0.2, 0.25) is 0 Å². The van der Waals surface area contributed by atoms with Gasteiger partial charge in [-0.15, -0.1) is 0 Å². The standard InChI is InChI=1S/C18H23N3O3/c1-4-11-18(2,19)17(22)21-13-5-10-16(20-12-13)24-15-8-6-14(23-3)7-9-15/h5-10,12H,4,11,19H2,1-3H3,(H,21,22). The second kappa shape index (κ2) is 7.79. The van der Waals surface area contributed by atoms with E-state index >= 15 is 0 Å². The Labute approximate surface area is 142 Å². The van der Waals surface area contributed by atoms with Gasteiger partial charge in [0.2, 0.25) is 11.8 Å². The van der Waals surface area contributed by atoms with Gasteiger partial charge in [0.1, 0.15) is 11.5 Å². The van der Waals surface area contributed by atoms with Gasteiger partial charge in [-0.2, -0.15) is 0 Å². The van der Waals surface area contributed by atoms with E-state index in [1.165, 1.54) is 0 Å². The van der Waals surface area contributed by atoms with Gasteiger partial charge in [0.05, 0.1) is 24.5 Å². The molecule has 1 atom stereocenters. The van der Waals surface area contributed by atoms with Gasteiger partial charge in [-0.1, -0.05) is 13.3 Å². The molecule has 1 aromatic heterocycles. The van der Waals surface area contributed by atoms with E-state index in [1.54, 1.807) is 56.6 Å². The van der Waals surface area contributed by atoms with Crippen molar-refractivity contribution in [3.63, 3.8) is 0 Å². The Hall–Kier alpha value is -2.60. The SMILES string of the molecule is CCCC(C)(N)C(=O)Nc1ccc(Oc2ccc(OC)cc2)nc1. The molecule has 1 heterocycles. The van der Waals surface area contributed by atoms with Gasteiger partial charge in [0.15, 0.2) is 0 Å². The van der Waals surface area contributed by atoms with Crippen LogP contribution < -0.4 is 20.5 Å². The molecular weight excluding hydrogens is 306 g/mol. The van der Waals surface area contributed by atoms with Crippen molar-refractivity contribution in [1.29, 1.82) is 0 Å². The quantitative estimate of drug-likeness (QED) is 0.813. The van der Waals surface area contributed by atoms with Crippen molar-refractivity contribution < 1.29 is 14.3 Å². The van der Waals surface area contributed by atoms with E-state index in [-0.39, 0.29) is 5.91 Å². The molecule has 0 aliphatic carbocycles. The summed E-state index contributed by atoms with van der Waals surface area (Å²) in [6.07, 6.45) is 3.00. The topological polar surface area (TPSA) is 86.5 Å². The maximum Gasteiger partial charge on any atom is 0.244 e. The molecule has 0 fully saturated rings. The molecule has 2 rings (SSSR count). The number of methoxy groups -OCH3 is 1. The molecule has 0 radical (unpaired) electrons. The summed E-state index contributed by atoms with van der Waals surface area (Å²) in [6, 6.07) is 10.6. The molecule has 2 aromatic rings. The van der Waals surface area contributed by atoms with E-state index in [4.69, 9.17) is 15.2 Å². The third kappa shape index (κ3) is 4.70. The Morgan fingerprint density at radius 1 is 1.21 bits per heavy atom. The Bertz CT molecular complexity index is 667. The smallest absolute Gasteiger partial charge is 0.244 e. The highest BCUT2D eigenvalue weighted by Crippen LogP contribution is 2.23. The predicted molar refractivity (Wildman–Crippen MR) is 93.4 cm³/mol. The largest absolute Gasteiger partial charge is 0.497 e. The first-order chi connectivity index (χ1) is 11.4. The lowest BCUT2D eigenvalue weighted by Crippen LogP contribution is -2.48. The molecule has 0 spiro atoms. The van der Waals surface area contributed by atoms with E-state index in [0.717, 1.165) is 12.2 Å². The second-order valence-electron chi connectivity index (χ2n) is 5.78. The fourth-order valence-electron chi connectivity index (χ4n) is 2.19. The zero-order chi connectivity index (χ0) is 17.6. The van der Waals surface area contributed by atoms with Crippen molar-refractivity contribution in [3.05, 3.63) is 42.6 Å². The Balaban J connectivity index is 1.98. The highest BCUT2D eigenvalue weighted by Gasteiger charge is 2.27. The van der Waals surface area contributed by atoms with Crippen LogP contribution in [0.1, 0.15) is 26.7 Å². The van der Waals surface area contributed by atoms with Gasteiger partial charge in [-0.05, 0) is 43.7 Å². The molecule has 1 amide bonds. The number of carbonyl (C=O) groups is 1. The van der Waals surface area contributed by atoms with E-state index in [9.17, 15) is 4.79 Å². The number of pyridine rings is 1. The number of hydrogen-bond acceptors (Lipinski definition) is 5. The van der Waals surface area contributed by atoms with Crippen molar-refractivity contribution >= 4 is 11.6 Å². The monoisotopic (exact) mass is 329 g/mol. The highest BCUT2D eigenvalue weighted by molar-refractivity contribution is 5.97. The second-order valence-corrected chi connectivity index (χ2v) is 5.78. The van der Waals surface area contributed by atoms with Crippen molar-refractivity contribution in [2.45, 2.75) is 32.2 Å². The molecule has 6 nitrogen and oxygen atoms in total. The van der Waals surface area contributed by atoms with E-state index in [0.29, 0.717) is 23.7 Å². The van der Waals surface area contributed by atoms with Crippen LogP contribution in [0, 0.1) is 0 Å². The molecule has 0 aliphatic heterocycles. The van der Waals surface area contributed by atoms with Crippen molar-refractivity contribution in [2.24, 2.45) is 5.73 Å². The van der Waals surface area contributed by atoms with Gasteiger partial charge in [-0.3, -0.25) is 4.79 Å². The summed E-state index contributed by atoms with van der Waals surface area (Å²) in [5.41, 5.74) is 5.69. The van der Waals surface area contributed by atoms with Crippen LogP contribution in [0.3, 0.4) is 0 Å². The number of amides is 1. The maximum absolute atomic E-state index is 12.2. The molecule has 128 valence electrons. The van der Waals surface area contributed by atoms with Crippen LogP contribution in [0.4, 0.5) is 5.69 Å². The first kappa shape index (κ1) is 17.7. The fraction of sp³-hybridized carbons (Fsp3) is 0.333. The molecule has 6 heteroatoms. The normalized spacial score (nSPS) is 13.0. The summed E-state index contributed by atoms with van der Waals surface area (Å²) in [5.74, 6) is 1.61. The zero-order valence-electron chi connectivity index (χ0n) is 14.2. The maximum atomic E-state index is 12.2. The Morgan fingerprint density at radius 3 is 2.42 bits per heavy atom. The number of ether oxygens (including phenoxy) is 2. The summed E-state index contributed by atoms with van der Waals surface area (Å²) >= 11 is 0. The average Bonchev–Trinajstić information content (AvgIpc) is 2.57. The van der Waals surface area contributed by atoms with Crippen LogP contribution in [-0.4, -0.2) is 23.5 Å². The summed E-state index contributed by atoms with van der Waals surface area (Å²) in [4.78, 5) is 16.3. The molecule has 0 saturated carbocycles. The van der Waals surface area contributed by atoms with Crippen LogP contribution >= 0.6 is 0 Å². The fourth-order valence-corrected chi connectivity index (χ4v) is 2.19. The molecule has 24 heavy (non-hydrogen) atoms. The van der Waals surface area contributed by atoms with Crippen molar-refractivity contribution in [2.75, 3.05) is 12.4 Å². The molecule has 1 aromatic carbocycles. The van der Waals surface area contributed by atoms with Crippen molar-refractivity contribution in [3.8, 4) is 17.4 Å². The molecule has 0 aliphatic rings. The Morgan fingerprint density at radius 2 is 1.88 bits per heavy atom. The summed E-state index contributed by atoms with van der Waals surface area (Å²) in [5, 5.41) is 2.77. The number of carbonyl (C=O) groups excluding carboxylic acids is 1. The van der Waals surface area contributed by atoms with E-state index < -0.39 is 5.54 Å². The number of anilines is 1. The third-order valence-corrected chi connectivity index (χ3v) is 3.56. The van der Waals surface area contributed by atoms with Crippen LogP contribution in [0.15, 0.2) is 42.6 Å². The van der Waals surface area contributed by atoms with Gasteiger partial charge >= 0.3 is 0 Å². The molecular formula is C18H23N3O3. The van der Waals surface area contributed by atoms with Gasteiger partial charge in [0, 0.05) is 6.07 Å². The number of rotatable bonds is 7. The van der Waals surface area contributed by atoms with Gasteiger partial charge < -0.3 is 20.5 Å². The lowest BCUT2D eigenvalue weighted by atomic mass is 9.96. The molecule has 0 bridgehead atoms.